The summed E-state index contributed by atoms with van der Waals surface area (Å²) in [4.78, 5) is 7.30. The number of fused-ring (bicyclic) bond motifs is 1. The minimum atomic E-state index is 0.460. The maximum Gasteiger partial charge on any atom is 0.159 e. The molecule has 1 atom stereocenters. The zero-order valence-electron chi connectivity index (χ0n) is 16.0. The summed E-state index contributed by atoms with van der Waals surface area (Å²) < 4.78 is 2.04. The highest BCUT2D eigenvalue weighted by Crippen LogP contribution is 2.42. The van der Waals surface area contributed by atoms with E-state index in [4.69, 9.17) is 10.4 Å². The lowest BCUT2D eigenvalue weighted by molar-refractivity contribution is 0.133. The van der Waals surface area contributed by atoms with Crippen LogP contribution in [-0.2, 0) is 13.1 Å². The van der Waals surface area contributed by atoms with E-state index in [9.17, 15) is 0 Å². The van der Waals surface area contributed by atoms with Crippen molar-refractivity contribution in [3.63, 3.8) is 0 Å². The minimum Gasteiger partial charge on any atom is -0.274 e. The number of nitriles is 1. The largest absolute Gasteiger partial charge is 0.274 e. The summed E-state index contributed by atoms with van der Waals surface area (Å²) in [6.45, 7) is 2.69. The summed E-state index contributed by atoms with van der Waals surface area (Å²) in [5.41, 5.74) is 4.63. The first kappa shape index (κ1) is 17.2. The summed E-state index contributed by atoms with van der Waals surface area (Å²) in [6.07, 6.45) is 4.86. The predicted molar refractivity (Wildman–Crippen MR) is 107 cm³/mol. The van der Waals surface area contributed by atoms with E-state index in [0.717, 1.165) is 30.3 Å². The lowest BCUT2D eigenvalue weighted by Gasteiger charge is -2.30. The Balaban J connectivity index is 1.47. The number of nitrogens with zero attached hydrogens (tertiary/aromatic N) is 5. The van der Waals surface area contributed by atoms with Crippen molar-refractivity contribution in [2.45, 2.75) is 51.4 Å². The van der Waals surface area contributed by atoms with Crippen LogP contribution in [0, 0.1) is 18.3 Å². The Morgan fingerprint density at radius 2 is 1.89 bits per heavy atom. The van der Waals surface area contributed by atoms with Gasteiger partial charge >= 0.3 is 0 Å². The molecule has 0 amide bonds. The molecule has 0 spiro atoms. The molecule has 1 fully saturated rings. The van der Waals surface area contributed by atoms with Crippen molar-refractivity contribution in [2.24, 2.45) is 0 Å². The van der Waals surface area contributed by atoms with E-state index in [1.165, 1.54) is 30.4 Å². The van der Waals surface area contributed by atoms with E-state index in [1.54, 1.807) is 0 Å². The van der Waals surface area contributed by atoms with Gasteiger partial charge in [0, 0.05) is 17.6 Å². The van der Waals surface area contributed by atoms with Crippen molar-refractivity contribution >= 4 is 0 Å². The van der Waals surface area contributed by atoms with Crippen LogP contribution in [0.3, 0.4) is 0 Å². The first-order valence-electron chi connectivity index (χ1n) is 9.98. The van der Waals surface area contributed by atoms with Crippen LogP contribution >= 0.6 is 0 Å². The highest BCUT2D eigenvalue weighted by Gasteiger charge is 2.38. The van der Waals surface area contributed by atoms with Crippen molar-refractivity contribution in [3.8, 4) is 17.5 Å². The van der Waals surface area contributed by atoms with Crippen LogP contribution in [0.25, 0.3) is 11.4 Å². The van der Waals surface area contributed by atoms with Gasteiger partial charge in [-0.2, -0.15) is 10.4 Å². The SMILES string of the molecule is Cc1nc(-c2ccc(C#N)cc2)n(CN(C2CC2)[C@H]2CCc3ccccc32)n1. The van der Waals surface area contributed by atoms with Crippen molar-refractivity contribution in [1.82, 2.24) is 19.7 Å². The summed E-state index contributed by atoms with van der Waals surface area (Å²) in [5.74, 6) is 1.65. The molecule has 28 heavy (non-hydrogen) atoms. The smallest absolute Gasteiger partial charge is 0.159 e. The van der Waals surface area contributed by atoms with Crippen LogP contribution in [-0.4, -0.2) is 25.7 Å². The summed E-state index contributed by atoms with van der Waals surface area (Å²) >= 11 is 0. The van der Waals surface area contributed by atoms with Crippen molar-refractivity contribution < 1.29 is 0 Å². The average Bonchev–Trinajstić information content (AvgIpc) is 3.38. The second-order valence-corrected chi connectivity index (χ2v) is 7.81. The molecular weight excluding hydrogens is 346 g/mol. The van der Waals surface area contributed by atoms with E-state index in [-0.39, 0.29) is 0 Å². The molecule has 0 N–H and O–H groups in total. The molecule has 2 aliphatic rings. The van der Waals surface area contributed by atoms with Crippen molar-refractivity contribution in [2.75, 3.05) is 0 Å². The predicted octanol–water partition coefficient (Wildman–Crippen LogP) is 4.23. The van der Waals surface area contributed by atoms with Gasteiger partial charge < -0.3 is 0 Å². The van der Waals surface area contributed by atoms with Crippen LogP contribution in [0.4, 0.5) is 0 Å². The lowest BCUT2D eigenvalue weighted by Crippen LogP contribution is -2.32. The van der Waals surface area contributed by atoms with E-state index in [2.05, 4.69) is 40.2 Å². The Bertz CT molecular complexity index is 1040. The minimum absolute atomic E-state index is 0.460. The Labute approximate surface area is 165 Å². The normalized spacial score (nSPS) is 18.2. The number of benzene rings is 2. The molecule has 0 radical (unpaired) electrons. The fourth-order valence-corrected chi connectivity index (χ4v) is 4.37. The van der Waals surface area contributed by atoms with Gasteiger partial charge in [-0.15, -0.1) is 0 Å². The van der Waals surface area contributed by atoms with Crippen molar-refractivity contribution in [3.05, 3.63) is 71.0 Å². The molecule has 5 nitrogen and oxygen atoms in total. The third-order valence-electron chi connectivity index (χ3n) is 5.86. The van der Waals surface area contributed by atoms with Gasteiger partial charge in [0.25, 0.3) is 0 Å². The summed E-state index contributed by atoms with van der Waals surface area (Å²) in [5, 5.41) is 13.8. The van der Waals surface area contributed by atoms with Gasteiger partial charge in [0.2, 0.25) is 0 Å². The van der Waals surface area contributed by atoms with Crippen LogP contribution < -0.4 is 0 Å². The fourth-order valence-electron chi connectivity index (χ4n) is 4.37. The molecule has 2 aromatic carbocycles. The van der Waals surface area contributed by atoms with Gasteiger partial charge in [0.15, 0.2) is 5.82 Å². The average molecular weight is 369 g/mol. The van der Waals surface area contributed by atoms with Gasteiger partial charge in [0.05, 0.1) is 18.3 Å². The van der Waals surface area contributed by atoms with Crippen LogP contribution in [0.2, 0.25) is 0 Å². The third kappa shape index (κ3) is 3.10. The van der Waals surface area contributed by atoms with E-state index >= 15 is 0 Å². The Morgan fingerprint density at radius 1 is 1.11 bits per heavy atom. The second-order valence-electron chi connectivity index (χ2n) is 7.81. The molecular formula is C23H23N5. The molecule has 1 aromatic heterocycles. The molecule has 0 saturated heterocycles. The van der Waals surface area contributed by atoms with E-state index in [0.29, 0.717) is 17.6 Å². The van der Waals surface area contributed by atoms with Gasteiger partial charge in [-0.05, 0) is 68.0 Å². The van der Waals surface area contributed by atoms with E-state index in [1.807, 2.05) is 35.9 Å². The fraction of sp³-hybridized carbons (Fsp3) is 0.348. The van der Waals surface area contributed by atoms with Crippen LogP contribution in [0.1, 0.15) is 47.8 Å². The van der Waals surface area contributed by atoms with Gasteiger partial charge in [-0.25, -0.2) is 9.67 Å². The number of aryl methyl sites for hydroxylation is 2. The second kappa shape index (κ2) is 6.88. The quantitative estimate of drug-likeness (QED) is 0.675. The van der Waals surface area contributed by atoms with Crippen LogP contribution in [0.15, 0.2) is 48.5 Å². The lowest BCUT2D eigenvalue weighted by atomic mass is 10.1. The summed E-state index contributed by atoms with van der Waals surface area (Å²) in [6, 6.07) is 19.7. The number of rotatable bonds is 5. The van der Waals surface area contributed by atoms with Gasteiger partial charge in [0.1, 0.15) is 5.82 Å². The molecule has 0 bridgehead atoms. The molecule has 3 aromatic rings. The highest BCUT2D eigenvalue weighted by molar-refractivity contribution is 5.56. The highest BCUT2D eigenvalue weighted by atomic mass is 15.4. The molecule has 140 valence electrons. The monoisotopic (exact) mass is 369 g/mol. The topological polar surface area (TPSA) is 57.7 Å². The number of hydrogen-bond acceptors (Lipinski definition) is 4. The Kier molecular flexibility index (Phi) is 4.22. The van der Waals surface area contributed by atoms with Crippen LogP contribution in [0.5, 0.6) is 0 Å². The Morgan fingerprint density at radius 3 is 2.64 bits per heavy atom. The summed E-state index contributed by atoms with van der Waals surface area (Å²) in [7, 11) is 0. The molecule has 0 aliphatic heterocycles. The molecule has 5 heteroatoms. The Hall–Kier alpha value is -2.97. The third-order valence-corrected chi connectivity index (χ3v) is 5.86. The number of hydrogen-bond donors (Lipinski definition) is 0. The van der Waals surface area contributed by atoms with E-state index < -0.39 is 0 Å². The first-order valence-corrected chi connectivity index (χ1v) is 9.98. The first-order chi connectivity index (χ1) is 13.7. The van der Waals surface area contributed by atoms with Gasteiger partial charge in [-0.3, -0.25) is 4.90 Å². The molecule has 2 aliphatic carbocycles. The maximum absolute atomic E-state index is 9.06. The van der Waals surface area contributed by atoms with Crippen molar-refractivity contribution in [1.29, 1.82) is 5.26 Å². The number of aromatic nitrogens is 3. The zero-order valence-corrected chi connectivity index (χ0v) is 16.0. The molecule has 1 saturated carbocycles. The molecule has 1 heterocycles. The molecule has 5 rings (SSSR count). The standard InChI is InChI=1S/C23H23N5/c1-16-25-23(19-8-6-17(14-24)7-9-19)28(26-16)15-27(20-11-12-20)22-13-10-18-4-2-3-5-21(18)22/h2-9,20,22H,10-13,15H2,1H3/t22-/m0/s1. The van der Waals surface area contributed by atoms with Gasteiger partial charge in [-0.1, -0.05) is 24.3 Å². The maximum atomic E-state index is 9.06. The zero-order chi connectivity index (χ0) is 19.1. The molecule has 0 unspecified atom stereocenters.